The van der Waals surface area contributed by atoms with Crippen LogP contribution in [0.1, 0.15) is 12.7 Å². The summed E-state index contributed by atoms with van der Waals surface area (Å²) < 4.78 is 38.4. The number of carbonyl (C=O) groups is 1. The molecule has 146 valence electrons. The van der Waals surface area contributed by atoms with E-state index in [2.05, 4.69) is 20.8 Å². The summed E-state index contributed by atoms with van der Waals surface area (Å²) in [4.78, 5) is 12.0. The molecule has 1 N–H and O–H groups in total. The van der Waals surface area contributed by atoms with Crippen LogP contribution in [0.5, 0.6) is 11.5 Å². The number of benzene rings is 2. The van der Waals surface area contributed by atoms with Gasteiger partial charge in [-0.25, -0.2) is 8.78 Å². The minimum atomic E-state index is -1.02. The number of aromatic nitrogens is 4. The zero-order valence-corrected chi connectivity index (χ0v) is 14.9. The molecule has 3 aromatic rings. The van der Waals surface area contributed by atoms with Gasteiger partial charge in [-0.2, -0.15) is 4.68 Å². The number of carbonyl (C=O) groups excluding carboxylic acids is 1. The van der Waals surface area contributed by atoms with Crippen molar-refractivity contribution in [1.29, 1.82) is 0 Å². The smallest absolute Gasteiger partial charge is 0.258 e. The van der Waals surface area contributed by atoms with E-state index in [1.807, 2.05) is 6.92 Å². The Bertz CT molecular complexity index is 947. The van der Waals surface area contributed by atoms with Crippen LogP contribution in [0.15, 0.2) is 42.5 Å². The summed E-state index contributed by atoms with van der Waals surface area (Å²) in [5.74, 6) is -0.910. The van der Waals surface area contributed by atoms with Gasteiger partial charge in [-0.05, 0) is 53.7 Å². The predicted molar refractivity (Wildman–Crippen MR) is 94.0 cm³/mol. The number of hydrogen-bond donors (Lipinski definition) is 1. The van der Waals surface area contributed by atoms with Crippen molar-refractivity contribution in [3.63, 3.8) is 0 Å². The van der Waals surface area contributed by atoms with E-state index in [1.54, 1.807) is 24.3 Å². The minimum Gasteiger partial charge on any atom is -0.494 e. The molecule has 0 saturated heterocycles. The van der Waals surface area contributed by atoms with Gasteiger partial charge in [-0.1, -0.05) is 0 Å². The Kier molecular flexibility index (Phi) is 6.10. The molecule has 2 aromatic carbocycles. The normalized spacial score (nSPS) is 10.5. The Balaban J connectivity index is 1.54. The van der Waals surface area contributed by atoms with E-state index in [4.69, 9.17) is 9.47 Å². The van der Waals surface area contributed by atoms with Gasteiger partial charge in [-0.15, -0.1) is 5.10 Å². The zero-order chi connectivity index (χ0) is 19.9. The fourth-order valence-corrected chi connectivity index (χ4v) is 2.31. The van der Waals surface area contributed by atoms with Crippen molar-refractivity contribution in [1.82, 2.24) is 25.5 Å². The molecule has 0 radical (unpaired) electrons. The summed E-state index contributed by atoms with van der Waals surface area (Å²) in [7, 11) is 0. The fourth-order valence-electron chi connectivity index (χ4n) is 2.31. The van der Waals surface area contributed by atoms with Crippen molar-refractivity contribution in [2.75, 3.05) is 13.2 Å². The van der Waals surface area contributed by atoms with Gasteiger partial charge in [-0.3, -0.25) is 4.79 Å². The van der Waals surface area contributed by atoms with Crippen molar-refractivity contribution in [3.05, 3.63) is 59.9 Å². The number of nitrogens with one attached hydrogen (secondary N) is 1. The van der Waals surface area contributed by atoms with Crippen molar-refractivity contribution in [3.8, 4) is 17.2 Å². The first kappa shape index (κ1) is 19.2. The molecule has 0 unspecified atom stereocenters. The van der Waals surface area contributed by atoms with Gasteiger partial charge in [0.25, 0.3) is 5.91 Å². The van der Waals surface area contributed by atoms with Gasteiger partial charge in [0.05, 0.1) is 18.8 Å². The average molecular weight is 389 g/mol. The second-order valence-electron chi connectivity index (χ2n) is 5.58. The lowest BCUT2D eigenvalue weighted by Gasteiger charge is -2.09. The Labute approximate surface area is 159 Å². The maximum absolute atomic E-state index is 13.4. The first-order valence-electron chi connectivity index (χ1n) is 8.42. The minimum absolute atomic E-state index is 0.0164. The lowest BCUT2D eigenvalue weighted by atomic mass is 10.3. The van der Waals surface area contributed by atoms with E-state index >= 15 is 0 Å². The molecule has 8 nitrogen and oxygen atoms in total. The van der Waals surface area contributed by atoms with Crippen LogP contribution in [-0.2, 0) is 11.3 Å². The first-order chi connectivity index (χ1) is 13.6. The summed E-state index contributed by atoms with van der Waals surface area (Å²) in [6, 6.07) is 10.1. The number of amides is 1. The highest BCUT2D eigenvalue weighted by molar-refractivity contribution is 5.77. The lowest BCUT2D eigenvalue weighted by Crippen LogP contribution is -2.29. The molecule has 0 saturated carbocycles. The number of ether oxygens (including phenoxy) is 2. The molecule has 0 aliphatic heterocycles. The molecular weight excluding hydrogens is 372 g/mol. The highest BCUT2D eigenvalue weighted by Gasteiger charge is 2.12. The lowest BCUT2D eigenvalue weighted by molar-refractivity contribution is -0.123. The maximum atomic E-state index is 13.4. The average Bonchev–Trinajstić information content (AvgIpc) is 3.17. The molecule has 10 heteroatoms. The molecule has 0 aliphatic carbocycles. The molecule has 0 bridgehead atoms. The fraction of sp³-hybridized carbons (Fsp3) is 0.222. The highest BCUT2D eigenvalue weighted by Crippen LogP contribution is 2.17. The third-order valence-electron chi connectivity index (χ3n) is 3.63. The predicted octanol–water partition coefficient (Wildman–Crippen LogP) is 2.03. The number of halogens is 2. The van der Waals surface area contributed by atoms with E-state index in [0.717, 1.165) is 12.1 Å². The van der Waals surface area contributed by atoms with Crippen LogP contribution in [0.2, 0.25) is 0 Å². The van der Waals surface area contributed by atoms with Crippen LogP contribution in [0.4, 0.5) is 8.78 Å². The summed E-state index contributed by atoms with van der Waals surface area (Å²) in [6.45, 7) is 2.22. The van der Waals surface area contributed by atoms with Gasteiger partial charge in [0.1, 0.15) is 11.5 Å². The van der Waals surface area contributed by atoms with Crippen molar-refractivity contribution < 1.29 is 23.0 Å². The number of nitrogens with zero attached hydrogens (tertiary/aromatic N) is 4. The quantitative estimate of drug-likeness (QED) is 0.634. The summed E-state index contributed by atoms with van der Waals surface area (Å²) in [6.07, 6.45) is 0. The Hall–Kier alpha value is -3.56. The van der Waals surface area contributed by atoms with Gasteiger partial charge in [0, 0.05) is 6.07 Å². The molecule has 0 aliphatic rings. The van der Waals surface area contributed by atoms with Gasteiger partial charge >= 0.3 is 0 Å². The second-order valence-corrected chi connectivity index (χ2v) is 5.58. The van der Waals surface area contributed by atoms with E-state index in [9.17, 15) is 13.6 Å². The van der Waals surface area contributed by atoms with Crippen molar-refractivity contribution in [2.24, 2.45) is 0 Å². The monoisotopic (exact) mass is 389 g/mol. The van der Waals surface area contributed by atoms with E-state index in [0.29, 0.717) is 18.1 Å². The topological polar surface area (TPSA) is 91.2 Å². The van der Waals surface area contributed by atoms with Crippen molar-refractivity contribution >= 4 is 5.91 Å². The van der Waals surface area contributed by atoms with Crippen LogP contribution >= 0.6 is 0 Å². The van der Waals surface area contributed by atoms with Gasteiger partial charge in [0.15, 0.2) is 24.1 Å². The zero-order valence-electron chi connectivity index (χ0n) is 14.9. The van der Waals surface area contributed by atoms with Crippen LogP contribution in [-0.4, -0.2) is 39.3 Å². The standard InChI is InChI=1S/C18H17F2N5O3/c1-2-27-13-4-6-14(7-5-13)28-11-18(26)21-10-17-22-23-24-25(17)12-3-8-15(19)16(20)9-12/h3-9H,2,10-11H2,1H3,(H,21,26). The SMILES string of the molecule is CCOc1ccc(OCC(=O)NCc2nnnn2-c2ccc(F)c(F)c2)cc1. The molecule has 1 amide bonds. The Morgan fingerprint density at radius 2 is 1.79 bits per heavy atom. The van der Waals surface area contributed by atoms with Crippen molar-refractivity contribution in [2.45, 2.75) is 13.5 Å². The second kappa shape index (κ2) is 8.89. The largest absolute Gasteiger partial charge is 0.494 e. The van der Waals surface area contributed by atoms with E-state index in [-0.39, 0.29) is 24.7 Å². The summed E-state index contributed by atoms with van der Waals surface area (Å²) in [5.41, 5.74) is 0.235. The summed E-state index contributed by atoms with van der Waals surface area (Å²) in [5, 5.41) is 13.6. The van der Waals surface area contributed by atoms with E-state index in [1.165, 1.54) is 10.7 Å². The number of rotatable bonds is 8. The highest BCUT2D eigenvalue weighted by atomic mass is 19.2. The van der Waals surface area contributed by atoms with Crippen LogP contribution in [0, 0.1) is 11.6 Å². The molecule has 28 heavy (non-hydrogen) atoms. The molecule has 0 spiro atoms. The third-order valence-corrected chi connectivity index (χ3v) is 3.63. The van der Waals surface area contributed by atoms with Crippen LogP contribution in [0.3, 0.4) is 0 Å². The Morgan fingerprint density at radius 3 is 2.46 bits per heavy atom. The molecule has 1 aromatic heterocycles. The summed E-state index contributed by atoms with van der Waals surface area (Å²) >= 11 is 0. The number of hydrogen-bond acceptors (Lipinski definition) is 6. The molecular formula is C18H17F2N5O3. The van der Waals surface area contributed by atoms with Crippen LogP contribution in [0.25, 0.3) is 5.69 Å². The van der Waals surface area contributed by atoms with Crippen LogP contribution < -0.4 is 14.8 Å². The number of tetrazole rings is 1. The van der Waals surface area contributed by atoms with Gasteiger partial charge in [0.2, 0.25) is 0 Å². The first-order valence-corrected chi connectivity index (χ1v) is 8.42. The molecule has 3 rings (SSSR count). The Morgan fingerprint density at radius 1 is 1.07 bits per heavy atom. The molecule has 0 atom stereocenters. The molecule has 0 fully saturated rings. The van der Waals surface area contributed by atoms with Gasteiger partial charge < -0.3 is 14.8 Å². The molecule has 1 heterocycles. The maximum Gasteiger partial charge on any atom is 0.258 e. The third kappa shape index (κ3) is 4.78. The van der Waals surface area contributed by atoms with E-state index < -0.39 is 17.5 Å².